The highest BCUT2D eigenvalue weighted by atomic mass is 79.9. The van der Waals surface area contributed by atoms with Gasteiger partial charge in [-0.2, -0.15) is 0 Å². The summed E-state index contributed by atoms with van der Waals surface area (Å²) in [7, 11) is 0. The summed E-state index contributed by atoms with van der Waals surface area (Å²) in [6.45, 7) is 0. The largest absolute Gasteiger partial charge is 0.174 e. The summed E-state index contributed by atoms with van der Waals surface area (Å²) in [5.41, 5.74) is 2.31. The van der Waals surface area contributed by atoms with Crippen LogP contribution in [-0.2, 0) is 0 Å². The van der Waals surface area contributed by atoms with Crippen molar-refractivity contribution < 1.29 is 0 Å². The van der Waals surface area contributed by atoms with Crippen molar-refractivity contribution in [1.82, 2.24) is 10.2 Å². The molecule has 0 atom stereocenters. The lowest BCUT2D eigenvalue weighted by Crippen LogP contribution is -2.25. The second-order valence-corrected chi connectivity index (χ2v) is 7.16. The molecule has 0 radical (unpaired) electrons. The van der Waals surface area contributed by atoms with Crippen molar-refractivity contribution in [3.8, 4) is 0 Å². The highest BCUT2D eigenvalue weighted by Crippen LogP contribution is 2.41. The third kappa shape index (κ3) is 3.44. The van der Waals surface area contributed by atoms with E-state index in [1.807, 2.05) is 17.3 Å². The normalized spacial score (nSPS) is 20.6. The van der Waals surface area contributed by atoms with E-state index in [2.05, 4.69) is 26.1 Å². The van der Waals surface area contributed by atoms with Gasteiger partial charge in [0.2, 0.25) is 0 Å². The number of nitrogens with zero attached hydrogens (tertiary/aromatic N) is 2. The van der Waals surface area contributed by atoms with E-state index in [1.165, 1.54) is 44.3 Å². The molecule has 1 aromatic rings. The van der Waals surface area contributed by atoms with Crippen molar-refractivity contribution >= 4 is 39.0 Å². The molecule has 0 aliphatic heterocycles. The van der Waals surface area contributed by atoms with Crippen LogP contribution in [0.25, 0.3) is 0 Å². The first kappa shape index (κ1) is 12.8. The fourth-order valence-electron chi connectivity index (χ4n) is 2.24. The van der Waals surface area contributed by atoms with Gasteiger partial charge in [0.1, 0.15) is 5.51 Å². The summed E-state index contributed by atoms with van der Waals surface area (Å²) >= 11 is 7.25. The molecule has 1 saturated carbocycles. The quantitative estimate of drug-likeness (QED) is 0.468. The average molecular weight is 321 g/mol. The molecular weight excluding hydrogens is 304 g/mol. The minimum Gasteiger partial charge on any atom is -0.146 e. The van der Waals surface area contributed by atoms with Gasteiger partial charge in [-0.1, -0.05) is 64.7 Å². The van der Waals surface area contributed by atoms with E-state index in [0.29, 0.717) is 5.41 Å². The number of hydrogen-bond acceptors (Lipinski definition) is 4. The molecule has 0 N–H and O–H groups in total. The molecule has 90 valence electrons. The van der Waals surface area contributed by atoms with Crippen molar-refractivity contribution in [3.63, 3.8) is 0 Å². The molecule has 0 aromatic carbocycles. The minimum atomic E-state index is 0.493. The highest BCUT2D eigenvalue weighted by molar-refractivity contribution is 9.09. The standard InChI is InChI=1S/C11H17BrN2S2/c12-7-11(5-3-1-2-4-6-11)8-15-10-14-13-9-16-10/h9H,1-8H2. The van der Waals surface area contributed by atoms with Gasteiger partial charge >= 0.3 is 0 Å². The van der Waals surface area contributed by atoms with E-state index >= 15 is 0 Å². The van der Waals surface area contributed by atoms with Crippen LogP contribution in [0, 0.1) is 5.41 Å². The Balaban J connectivity index is 1.92. The molecule has 0 unspecified atom stereocenters. The Morgan fingerprint density at radius 1 is 1.31 bits per heavy atom. The van der Waals surface area contributed by atoms with Crippen LogP contribution in [0.15, 0.2) is 9.85 Å². The van der Waals surface area contributed by atoms with Crippen LogP contribution < -0.4 is 0 Å². The van der Waals surface area contributed by atoms with Crippen LogP contribution in [-0.4, -0.2) is 21.3 Å². The molecule has 0 bridgehead atoms. The molecular formula is C11H17BrN2S2. The third-order valence-electron chi connectivity index (χ3n) is 3.29. The Bertz CT molecular complexity index is 295. The fraction of sp³-hybridized carbons (Fsp3) is 0.818. The van der Waals surface area contributed by atoms with Gasteiger partial charge in [-0.15, -0.1) is 10.2 Å². The topological polar surface area (TPSA) is 25.8 Å². The van der Waals surface area contributed by atoms with Crippen molar-refractivity contribution in [2.45, 2.75) is 42.9 Å². The maximum Gasteiger partial charge on any atom is 0.174 e. The molecule has 2 nitrogen and oxygen atoms in total. The Hall–Kier alpha value is 0.390. The fourth-order valence-corrected chi connectivity index (χ4v) is 5.04. The number of thioether (sulfide) groups is 1. The second kappa shape index (κ2) is 6.36. The second-order valence-electron chi connectivity index (χ2n) is 4.54. The van der Waals surface area contributed by atoms with Gasteiger partial charge in [-0.3, -0.25) is 0 Å². The predicted octanol–water partition coefficient (Wildman–Crippen LogP) is 4.37. The van der Waals surface area contributed by atoms with Gasteiger partial charge in [0.05, 0.1) is 0 Å². The summed E-state index contributed by atoms with van der Waals surface area (Å²) in [4.78, 5) is 0. The minimum absolute atomic E-state index is 0.493. The van der Waals surface area contributed by atoms with Crippen molar-refractivity contribution in [2.75, 3.05) is 11.1 Å². The zero-order chi connectivity index (χ0) is 11.3. The summed E-state index contributed by atoms with van der Waals surface area (Å²) in [5.74, 6) is 1.19. The smallest absolute Gasteiger partial charge is 0.146 e. The van der Waals surface area contributed by atoms with Gasteiger partial charge in [0.25, 0.3) is 0 Å². The zero-order valence-electron chi connectivity index (χ0n) is 9.32. The van der Waals surface area contributed by atoms with Gasteiger partial charge in [0.15, 0.2) is 4.34 Å². The van der Waals surface area contributed by atoms with Crippen LogP contribution in [0.2, 0.25) is 0 Å². The molecule has 1 aliphatic rings. The predicted molar refractivity (Wildman–Crippen MR) is 74.6 cm³/mol. The first-order chi connectivity index (χ1) is 7.85. The van der Waals surface area contributed by atoms with Crippen LogP contribution in [0.1, 0.15) is 38.5 Å². The lowest BCUT2D eigenvalue weighted by molar-refractivity contribution is 0.334. The van der Waals surface area contributed by atoms with E-state index in [-0.39, 0.29) is 0 Å². The van der Waals surface area contributed by atoms with E-state index in [4.69, 9.17) is 0 Å². The van der Waals surface area contributed by atoms with Crippen molar-refractivity contribution in [1.29, 1.82) is 0 Å². The van der Waals surface area contributed by atoms with Gasteiger partial charge < -0.3 is 0 Å². The average Bonchev–Trinajstić information content (AvgIpc) is 2.72. The molecule has 5 heteroatoms. The first-order valence-corrected chi connectivity index (χ1v) is 8.78. The van der Waals surface area contributed by atoms with Gasteiger partial charge in [-0.05, 0) is 18.3 Å². The molecule has 1 aliphatic carbocycles. The molecule has 0 amide bonds. The van der Waals surface area contributed by atoms with E-state index in [1.54, 1.807) is 11.3 Å². The molecule has 16 heavy (non-hydrogen) atoms. The monoisotopic (exact) mass is 320 g/mol. The van der Waals surface area contributed by atoms with Gasteiger partial charge in [-0.25, -0.2) is 0 Å². The molecule has 1 aromatic heterocycles. The summed E-state index contributed by atoms with van der Waals surface area (Å²) in [5, 5.41) is 9.13. The van der Waals surface area contributed by atoms with Crippen LogP contribution in [0.4, 0.5) is 0 Å². The number of hydrogen-bond donors (Lipinski definition) is 0. The Kier molecular flexibility index (Phi) is 5.10. The molecule has 0 saturated heterocycles. The number of aromatic nitrogens is 2. The van der Waals surface area contributed by atoms with E-state index in [0.717, 1.165) is 9.67 Å². The van der Waals surface area contributed by atoms with Gasteiger partial charge in [0, 0.05) is 11.1 Å². The van der Waals surface area contributed by atoms with Crippen LogP contribution >= 0.6 is 39.0 Å². The first-order valence-electron chi connectivity index (χ1n) is 5.80. The van der Waals surface area contributed by atoms with E-state index in [9.17, 15) is 0 Å². The third-order valence-corrected chi connectivity index (χ3v) is 6.69. The van der Waals surface area contributed by atoms with Crippen molar-refractivity contribution in [3.05, 3.63) is 5.51 Å². The van der Waals surface area contributed by atoms with Crippen LogP contribution in [0.3, 0.4) is 0 Å². The molecule has 0 spiro atoms. The van der Waals surface area contributed by atoms with E-state index < -0.39 is 0 Å². The lowest BCUT2D eigenvalue weighted by Gasteiger charge is -2.29. The zero-order valence-corrected chi connectivity index (χ0v) is 12.5. The molecule has 1 heterocycles. The maximum absolute atomic E-state index is 4.11. The summed E-state index contributed by atoms with van der Waals surface area (Å²) in [6, 6.07) is 0. The highest BCUT2D eigenvalue weighted by Gasteiger charge is 2.30. The number of halogens is 1. The Morgan fingerprint density at radius 3 is 2.62 bits per heavy atom. The Morgan fingerprint density at radius 2 is 2.06 bits per heavy atom. The summed E-state index contributed by atoms with van der Waals surface area (Å²) < 4.78 is 1.12. The number of alkyl halides is 1. The molecule has 2 rings (SSSR count). The lowest BCUT2D eigenvalue weighted by atomic mass is 9.85. The summed E-state index contributed by atoms with van der Waals surface area (Å²) in [6.07, 6.45) is 8.34. The Labute approximate surface area is 114 Å². The van der Waals surface area contributed by atoms with Crippen LogP contribution in [0.5, 0.6) is 0 Å². The number of rotatable bonds is 4. The SMILES string of the molecule is BrCC1(CSc2nncs2)CCCCCC1. The molecule has 1 fully saturated rings. The van der Waals surface area contributed by atoms with Crippen molar-refractivity contribution in [2.24, 2.45) is 5.41 Å². The maximum atomic E-state index is 4.11.